The molecule has 1 saturated heterocycles. The SMILES string of the molecule is CC(C)(CO)c1cccc(OC2CCCOC2)c1. The molecule has 0 saturated carbocycles. The van der Waals surface area contributed by atoms with E-state index in [4.69, 9.17) is 9.47 Å². The molecule has 3 nitrogen and oxygen atoms in total. The van der Waals surface area contributed by atoms with E-state index in [1.54, 1.807) is 0 Å². The highest BCUT2D eigenvalue weighted by molar-refractivity contribution is 5.33. The van der Waals surface area contributed by atoms with E-state index in [2.05, 4.69) is 0 Å². The molecule has 3 heteroatoms. The van der Waals surface area contributed by atoms with E-state index in [1.807, 2.05) is 38.1 Å². The molecule has 18 heavy (non-hydrogen) atoms. The summed E-state index contributed by atoms with van der Waals surface area (Å²) in [6, 6.07) is 7.99. The van der Waals surface area contributed by atoms with Crippen LogP contribution in [-0.2, 0) is 10.2 Å². The van der Waals surface area contributed by atoms with Crippen molar-refractivity contribution in [2.75, 3.05) is 19.8 Å². The number of aliphatic hydroxyl groups is 1. The van der Waals surface area contributed by atoms with Crippen molar-refractivity contribution >= 4 is 0 Å². The van der Waals surface area contributed by atoms with E-state index in [1.165, 1.54) is 0 Å². The van der Waals surface area contributed by atoms with E-state index in [-0.39, 0.29) is 18.1 Å². The molecule has 0 spiro atoms. The summed E-state index contributed by atoms with van der Waals surface area (Å²) in [7, 11) is 0. The van der Waals surface area contributed by atoms with E-state index < -0.39 is 0 Å². The van der Waals surface area contributed by atoms with Gasteiger partial charge in [-0.3, -0.25) is 0 Å². The summed E-state index contributed by atoms with van der Waals surface area (Å²) in [5, 5.41) is 9.40. The van der Waals surface area contributed by atoms with Crippen LogP contribution in [0.15, 0.2) is 24.3 Å². The molecule has 100 valence electrons. The maximum atomic E-state index is 9.40. The van der Waals surface area contributed by atoms with Crippen molar-refractivity contribution in [3.8, 4) is 5.75 Å². The van der Waals surface area contributed by atoms with Crippen molar-refractivity contribution in [1.82, 2.24) is 0 Å². The second kappa shape index (κ2) is 5.72. The van der Waals surface area contributed by atoms with Crippen LogP contribution in [-0.4, -0.2) is 31.0 Å². The van der Waals surface area contributed by atoms with Gasteiger partial charge in [0.1, 0.15) is 11.9 Å². The summed E-state index contributed by atoms with van der Waals surface area (Å²) in [5.74, 6) is 0.865. The van der Waals surface area contributed by atoms with Gasteiger partial charge in [0, 0.05) is 12.0 Å². The van der Waals surface area contributed by atoms with Gasteiger partial charge in [-0.2, -0.15) is 0 Å². The van der Waals surface area contributed by atoms with Gasteiger partial charge in [-0.15, -0.1) is 0 Å². The first-order valence-corrected chi connectivity index (χ1v) is 6.57. The zero-order chi connectivity index (χ0) is 13.0. The average Bonchev–Trinajstić information content (AvgIpc) is 2.40. The molecule has 1 heterocycles. The zero-order valence-corrected chi connectivity index (χ0v) is 11.2. The third kappa shape index (κ3) is 3.24. The van der Waals surface area contributed by atoms with E-state index in [9.17, 15) is 5.11 Å². The summed E-state index contributed by atoms with van der Waals surface area (Å²) < 4.78 is 11.3. The monoisotopic (exact) mass is 250 g/mol. The van der Waals surface area contributed by atoms with Gasteiger partial charge in [-0.1, -0.05) is 26.0 Å². The quantitative estimate of drug-likeness (QED) is 0.892. The number of ether oxygens (including phenoxy) is 2. The summed E-state index contributed by atoms with van der Waals surface area (Å²) in [4.78, 5) is 0. The van der Waals surface area contributed by atoms with Crippen molar-refractivity contribution in [1.29, 1.82) is 0 Å². The first kappa shape index (κ1) is 13.4. The highest BCUT2D eigenvalue weighted by atomic mass is 16.5. The topological polar surface area (TPSA) is 38.7 Å². The molecule has 1 atom stereocenters. The Bertz CT molecular complexity index is 381. The minimum Gasteiger partial charge on any atom is -0.488 e. The van der Waals surface area contributed by atoms with Crippen LogP contribution >= 0.6 is 0 Å². The highest BCUT2D eigenvalue weighted by Gasteiger charge is 2.21. The lowest BCUT2D eigenvalue weighted by molar-refractivity contribution is 0.00735. The van der Waals surface area contributed by atoms with Crippen LogP contribution in [0.2, 0.25) is 0 Å². The van der Waals surface area contributed by atoms with Crippen LogP contribution < -0.4 is 4.74 Å². The fourth-order valence-electron chi connectivity index (χ4n) is 2.08. The molecule has 0 bridgehead atoms. The molecule has 1 N–H and O–H groups in total. The predicted molar refractivity (Wildman–Crippen MR) is 71.0 cm³/mol. The number of aliphatic hydroxyl groups excluding tert-OH is 1. The predicted octanol–water partition coefficient (Wildman–Crippen LogP) is 2.51. The highest BCUT2D eigenvalue weighted by Crippen LogP contribution is 2.27. The second-order valence-electron chi connectivity index (χ2n) is 5.53. The fraction of sp³-hybridized carbons (Fsp3) is 0.600. The maximum absolute atomic E-state index is 9.40. The van der Waals surface area contributed by atoms with Gasteiger partial charge in [0.2, 0.25) is 0 Å². The maximum Gasteiger partial charge on any atom is 0.122 e. The molecule has 1 aromatic rings. The Labute approximate surface area is 109 Å². The van der Waals surface area contributed by atoms with Gasteiger partial charge in [-0.05, 0) is 30.5 Å². The molecule has 0 aliphatic carbocycles. The van der Waals surface area contributed by atoms with E-state index >= 15 is 0 Å². The standard InChI is InChI=1S/C15H22O3/c1-15(2,11-16)12-5-3-6-13(9-12)18-14-7-4-8-17-10-14/h3,5-6,9,14,16H,4,7-8,10-11H2,1-2H3. The van der Waals surface area contributed by atoms with Crippen LogP contribution in [0.25, 0.3) is 0 Å². The molecule has 0 amide bonds. The van der Waals surface area contributed by atoms with Crippen molar-refractivity contribution in [3.05, 3.63) is 29.8 Å². The Morgan fingerprint density at radius 3 is 2.94 bits per heavy atom. The lowest BCUT2D eigenvalue weighted by Crippen LogP contribution is -2.28. The Morgan fingerprint density at radius 2 is 2.28 bits per heavy atom. The van der Waals surface area contributed by atoms with Crippen LogP contribution in [0.5, 0.6) is 5.75 Å². The molecule has 1 aliphatic rings. The molecule has 1 unspecified atom stereocenters. The largest absolute Gasteiger partial charge is 0.488 e. The number of rotatable bonds is 4. The summed E-state index contributed by atoms with van der Waals surface area (Å²) in [6.07, 6.45) is 2.27. The molecule has 2 rings (SSSR count). The van der Waals surface area contributed by atoms with Crippen LogP contribution in [0.4, 0.5) is 0 Å². The van der Waals surface area contributed by atoms with Crippen LogP contribution in [0.3, 0.4) is 0 Å². The Kier molecular flexibility index (Phi) is 4.25. The molecule has 0 radical (unpaired) electrons. The molecule has 1 aromatic carbocycles. The number of benzene rings is 1. The van der Waals surface area contributed by atoms with E-state index in [0.717, 1.165) is 30.8 Å². The van der Waals surface area contributed by atoms with Crippen molar-refractivity contribution in [2.45, 2.75) is 38.2 Å². The Morgan fingerprint density at radius 1 is 1.44 bits per heavy atom. The smallest absolute Gasteiger partial charge is 0.122 e. The van der Waals surface area contributed by atoms with Gasteiger partial charge >= 0.3 is 0 Å². The third-order valence-electron chi connectivity index (χ3n) is 3.43. The van der Waals surface area contributed by atoms with Crippen LogP contribution in [0.1, 0.15) is 32.3 Å². The van der Waals surface area contributed by atoms with Gasteiger partial charge in [0.15, 0.2) is 0 Å². The van der Waals surface area contributed by atoms with Crippen molar-refractivity contribution in [3.63, 3.8) is 0 Å². The molecule has 1 aliphatic heterocycles. The van der Waals surface area contributed by atoms with Crippen molar-refractivity contribution in [2.24, 2.45) is 0 Å². The minimum atomic E-state index is -0.234. The third-order valence-corrected chi connectivity index (χ3v) is 3.43. The fourth-order valence-corrected chi connectivity index (χ4v) is 2.08. The number of hydrogen-bond acceptors (Lipinski definition) is 3. The minimum absolute atomic E-state index is 0.128. The average molecular weight is 250 g/mol. The lowest BCUT2D eigenvalue weighted by atomic mass is 9.85. The number of hydrogen-bond donors (Lipinski definition) is 1. The van der Waals surface area contributed by atoms with Gasteiger partial charge in [0.25, 0.3) is 0 Å². The molecule has 1 fully saturated rings. The normalized spacial score (nSPS) is 20.7. The summed E-state index contributed by atoms with van der Waals surface area (Å²) >= 11 is 0. The van der Waals surface area contributed by atoms with Gasteiger partial charge in [0.05, 0.1) is 13.2 Å². The summed E-state index contributed by atoms with van der Waals surface area (Å²) in [6.45, 7) is 5.69. The van der Waals surface area contributed by atoms with Gasteiger partial charge in [-0.25, -0.2) is 0 Å². The Balaban J connectivity index is 2.07. The van der Waals surface area contributed by atoms with Gasteiger partial charge < -0.3 is 14.6 Å². The molecular formula is C15H22O3. The van der Waals surface area contributed by atoms with E-state index in [0.29, 0.717) is 6.61 Å². The Hall–Kier alpha value is -1.06. The first-order chi connectivity index (χ1) is 8.62. The molecular weight excluding hydrogens is 228 g/mol. The van der Waals surface area contributed by atoms with Crippen molar-refractivity contribution < 1.29 is 14.6 Å². The zero-order valence-electron chi connectivity index (χ0n) is 11.2. The first-order valence-electron chi connectivity index (χ1n) is 6.57. The molecule has 0 aromatic heterocycles. The lowest BCUT2D eigenvalue weighted by Gasteiger charge is -2.26. The second-order valence-corrected chi connectivity index (χ2v) is 5.53. The van der Waals surface area contributed by atoms with Crippen LogP contribution in [0, 0.1) is 0 Å². The summed E-state index contributed by atoms with van der Waals surface area (Å²) in [5.41, 5.74) is 0.863.